The first kappa shape index (κ1) is 10.9. The van der Waals surface area contributed by atoms with Crippen molar-refractivity contribution >= 4 is 34.5 Å². The molecule has 6 heteroatoms. The van der Waals surface area contributed by atoms with E-state index in [2.05, 4.69) is 20.5 Å². The van der Waals surface area contributed by atoms with E-state index < -0.39 is 0 Å². The van der Waals surface area contributed by atoms with Gasteiger partial charge in [0.1, 0.15) is 5.82 Å². The molecule has 0 radical (unpaired) electrons. The molecule has 0 aliphatic rings. The third kappa shape index (κ3) is 2.10. The second-order valence-electron chi connectivity index (χ2n) is 3.64. The number of aromatic nitrogens is 2. The van der Waals surface area contributed by atoms with Crippen molar-refractivity contribution in [1.29, 1.82) is 0 Å². The first-order valence-corrected chi connectivity index (χ1v) is 6.25. The minimum atomic E-state index is 0.566. The van der Waals surface area contributed by atoms with Crippen LogP contribution in [0.15, 0.2) is 39.4 Å². The number of rotatable bonds is 3. The molecule has 0 saturated carbocycles. The van der Waals surface area contributed by atoms with Crippen molar-refractivity contribution in [2.45, 2.75) is 6.92 Å². The van der Waals surface area contributed by atoms with E-state index in [1.54, 1.807) is 23.8 Å². The molecule has 5 nitrogen and oxygen atoms in total. The van der Waals surface area contributed by atoms with E-state index in [4.69, 9.17) is 4.42 Å². The van der Waals surface area contributed by atoms with Gasteiger partial charge in [0.05, 0.1) is 17.9 Å². The van der Waals surface area contributed by atoms with Gasteiger partial charge in [0.2, 0.25) is 5.71 Å². The number of fused-ring (bicyclic) bond motifs is 1. The summed E-state index contributed by atoms with van der Waals surface area (Å²) in [6, 6.07) is 5.79. The Hall–Kier alpha value is -2.21. The Morgan fingerprint density at radius 2 is 2.33 bits per heavy atom. The van der Waals surface area contributed by atoms with Gasteiger partial charge in [-0.15, -0.1) is 11.3 Å². The molecule has 90 valence electrons. The van der Waals surface area contributed by atoms with Crippen LogP contribution >= 0.6 is 11.3 Å². The molecular weight excluding hydrogens is 248 g/mol. The average Bonchev–Trinajstić information content (AvgIpc) is 2.98. The fraction of sp³-hybridized carbons (Fsp3) is 0.0833. The number of thiophene rings is 1. The van der Waals surface area contributed by atoms with E-state index >= 15 is 0 Å². The number of hydrogen-bond acceptors (Lipinski definition) is 6. The van der Waals surface area contributed by atoms with Crippen LogP contribution < -0.4 is 5.43 Å². The van der Waals surface area contributed by atoms with Crippen molar-refractivity contribution < 1.29 is 4.42 Å². The molecular formula is C12H10N4OS. The van der Waals surface area contributed by atoms with Crippen LogP contribution in [0.2, 0.25) is 0 Å². The van der Waals surface area contributed by atoms with Gasteiger partial charge < -0.3 is 4.42 Å². The first-order valence-electron chi connectivity index (χ1n) is 5.37. The van der Waals surface area contributed by atoms with Crippen LogP contribution in [0.5, 0.6) is 0 Å². The van der Waals surface area contributed by atoms with Gasteiger partial charge >= 0.3 is 0 Å². The molecule has 0 amide bonds. The van der Waals surface area contributed by atoms with E-state index in [1.165, 1.54) is 0 Å². The SMILES string of the molecule is Cc1nc(NN=Cc2cccs2)c2ccoc2n1. The third-order valence-electron chi connectivity index (χ3n) is 2.34. The molecule has 3 rings (SSSR count). The van der Waals surface area contributed by atoms with E-state index in [1.807, 2.05) is 30.5 Å². The highest BCUT2D eigenvalue weighted by Crippen LogP contribution is 2.20. The lowest BCUT2D eigenvalue weighted by Gasteiger charge is -2.01. The van der Waals surface area contributed by atoms with Crippen LogP contribution in [-0.2, 0) is 0 Å². The van der Waals surface area contributed by atoms with Crippen LogP contribution in [0, 0.1) is 6.92 Å². The lowest BCUT2D eigenvalue weighted by Crippen LogP contribution is -1.97. The smallest absolute Gasteiger partial charge is 0.231 e. The summed E-state index contributed by atoms with van der Waals surface area (Å²) in [5, 5.41) is 6.99. The molecule has 0 bridgehead atoms. The largest absolute Gasteiger partial charge is 0.446 e. The van der Waals surface area contributed by atoms with Crippen molar-refractivity contribution in [1.82, 2.24) is 9.97 Å². The van der Waals surface area contributed by atoms with Crippen LogP contribution in [0.1, 0.15) is 10.7 Å². The van der Waals surface area contributed by atoms with Gasteiger partial charge in [-0.3, -0.25) is 5.43 Å². The quantitative estimate of drug-likeness (QED) is 0.579. The van der Waals surface area contributed by atoms with Crippen LogP contribution in [0.3, 0.4) is 0 Å². The van der Waals surface area contributed by atoms with Gasteiger partial charge in [0.15, 0.2) is 5.82 Å². The molecule has 0 aromatic carbocycles. The fourth-order valence-electron chi connectivity index (χ4n) is 1.57. The van der Waals surface area contributed by atoms with Crippen molar-refractivity contribution in [3.8, 4) is 0 Å². The highest BCUT2D eigenvalue weighted by atomic mass is 32.1. The highest BCUT2D eigenvalue weighted by Gasteiger charge is 2.06. The zero-order chi connectivity index (χ0) is 12.4. The van der Waals surface area contributed by atoms with Gasteiger partial charge in [-0.2, -0.15) is 10.1 Å². The Kier molecular flexibility index (Phi) is 2.77. The van der Waals surface area contributed by atoms with Crippen molar-refractivity contribution in [3.63, 3.8) is 0 Å². The van der Waals surface area contributed by atoms with Gasteiger partial charge in [0, 0.05) is 4.88 Å². The molecule has 3 aromatic heterocycles. The minimum absolute atomic E-state index is 0.566. The number of anilines is 1. The summed E-state index contributed by atoms with van der Waals surface area (Å²) in [5.74, 6) is 1.30. The van der Waals surface area contributed by atoms with E-state index in [9.17, 15) is 0 Å². The lowest BCUT2D eigenvalue weighted by molar-refractivity contribution is 0.601. The predicted molar refractivity (Wildman–Crippen MR) is 72.1 cm³/mol. The average molecular weight is 258 g/mol. The Morgan fingerprint density at radius 3 is 3.17 bits per heavy atom. The number of nitrogens with one attached hydrogen (secondary N) is 1. The van der Waals surface area contributed by atoms with Gasteiger partial charge in [-0.1, -0.05) is 6.07 Å². The topological polar surface area (TPSA) is 63.3 Å². The van der Waals surface area contributed by atoms with E-state index in [-0.39, 0.29) is 0 Å². The normalized spacial score (nSPS) is 11.4. The molecule has 0 saturated heterocycles. The second-order valence-corrected chi connectivity index (χ2v) is 4.62. The Balaban J connectivity index is 1.88. The van der Waals surface area contributed by atoms with Gasteiger partial charge in [-0.25, -0.2) is 4.98 Å². The summed E-state index contributed by atoms with van der Waals surface area (Å²) in [6.07, 6.45) is 3.35. The molecule has 18 heavy (non-hydrogen) atoms. The molecule has 0 fully saturated rings. The number of hydrazone groups is 1. The fourth-order valence-corrected chi connectivity index (χ4v) is 2.15. The standard InChI is InChI=1S/C12H10N4OS/c1-8-14-11(10-4-5-17-12(10)15-8)16-13-7-9-3-2-6-18-9/h2-7H,1H3,(H,14,15,16). The molecule has 3 aromatic rings. The summed E-state index contributed by atoms with van der Waals surface area (Å²) < 4.78 is 5.25. The number of hydrogen-bond donors (Lipinski definition) is 1. The number of nitrogens with zero attached hydrogens (tertiary/aromatic N) is 3. The summed E-state index contributed by atoms with van der Waals surface area (Å²) in [7, 11) is 0. The molecule has 3 heterocycles. The Morgan fingerprint density at radius 1 is 1.39 bits per heavy atom. The third-order valence-corrected chi connectivity index (χ3v) is 3.15. The number of furan rings is 1. The molecule has 0 aliphatic carbocycles. The molecule has 1 N–H and O–H groups in total. The summed E-state index contributed by atoms with van der Waals surface area (Å²) in [5.41, 5.74) is 3.48. The molecule has 0 atom stereocenters. The van der Waals surface area contributed by atoms with Gasteiger partial charge in [-0.05, 0) is 24.4 Å². The minimum Gasteiger partial charge on any atom is -0.446 e. The maximum atomic E-state index is 5.25. The summed E-state index contributed by atoms with van der Waals surface area (Å²) in [6.45, 7) is 1.82. The maximum absolute atomic E-state index is 5.25. The molecule has 0 unspecified atom stereocenters. The second kappa shape index (κ2) is 4.58. The molecule has 0 spiro atoms. The summed E-state index contributed by atoms with van der Waals surface area (Å²) >= 11 is 1.63. The van der Waals surface area contributed by atoms with Crippen LogP contribution in [0.25, 0.3) is 11.1 Å². The van der Waals surface area contributed by atoms with Crippen LogP contribution in [-0.4, -0.2) is 16.2 Å². The maximum Gasteiger partial charge on any atom is 0.231 e. The highest BCUT2D eigenvalue weighted by molar-refractivity contribution is 7.11. The predicted octanol–water partition coefficient (Wildman–Crippen LogP) is 3.04. The summed E-state index contributed by atoms with van der Waals surface area (Å²) in [4.78, 5) is 9.57. The van der Waals surface area contributed by atoms with Crippen molar-refractivity contribution in [3.05, 3.63) is 40.5 Å². The first-order chi connectivity index (χ1) is 8.83. The van der Waals surface area contributed by atoms with E-state index in [0.717, 1.165) is 10.3 Å². The lowest BCUT2D eigenvalue weighted by atomic mass is 10.4. The molecule has 0 aliphatic heterocycles. The Bertz CT molecular complexity index is 687. The van der Waals surface area contributed by atoms with Gasteiger partial charge in [0.25, 0.3) is 0 Å². The van der Waals surface area contributed by atoms with Crippen molar-refractivity contribution in [2.24, 2.45) is 5.10 Å². The van der Waals surface area contributed by atoms with E-state index in [0.29, 0.717) is 17.4 Å². The Labute approximate surface area is 107 Å². The van der Waals surface area contributed by atoms with Crippen molar-refractivity contribution in [2.75, 3.05) is 5.43 Å². The zero-order valence-electron chi connectivity index (χ0n) is 9.62. The monoisotopic (exact) mass is 258 g/mol. The van der Waals surface area contributed by atoms with Crippen LogP contribution in [0.4, 0.5) is 5.82 Å². The number of aryl methyl sites for hydroxylation is 1. The zero-order valence-corrected chi connectivity index (χ0v) is 10.4.